The molecule has 1 heterocycles. The Morgan fingerprint density at radius 2 is 1.74 bits per heavy atom. The fourth-order valence-electron chi connectivity index (χ4n) is 1.71. The highest BCUT2D eigenvalue weighted by atomic mass is 35.5. The molecule has 2 aromatic rings. The molecule has 0 spiro atoms. The molecule has 7 heteroatoms. The van der Waals surface area contributed by atoms with E-state index in [-0.39, 0.29) is 11.4 Å². The number of rotatable bonds is 2. The van der Waals surface area contributed by atoms with E-state index in [0.717, 1.165) is 0 Å². The summed E-state index contributed by atoms with van der Waals surface area (Å²) in [6.07, 6.45) is 0. The lowest BCUT2D eigenvalue weighted by Gasteiger charge is -2.08. The van der Waals surface area contributed by atoms with Crippen LogP contribution in [0.1, 0.15) is 16.1 Å². The number of halogens is 2. The predicted molar refractivity (Wildman–Crippen MR) is 75.2 cm³/mol. The number of nitrogens with two attached hydrogens (primary N) is 2. The summed E-state index contributed by atoms with van der Waals surface area (Å²) in [4.78, 5) is 19.5. The van der Waals surface area contributed by atoms with Crippen LogP contribution in [0.2, 0.25) is 10.0 Å². The number of aromatic nitrogens is 2. The molecule has 0 aliphatic carbocycles. The maximum Gasteiger partial charge on any atom is 0.254 e. The number of carbonyl (C=O) groups is 1. The molecule has 2 rings (SSSR count). The molecule has 98 valence electrons. The van der Waals surface area contributed by atoms with Crippen LogP contribution < -0.4 is 11.5 Å². The van der Waals surface area contributed by atoms with E-state index in [1.165, 1.54) is 0 Å². The van der Waals surface area contributed by atoms with Gasteiger partial charge in [-0.25, -0.2) is 9.97 Å². The first-order chi connectivity index (χ1) is 8.88. The number of hydrogen-bond acceptors (Lipinski definition) is 4. The van der Waals surface area contributed by atoms with Crippen molar-refractivity contribution in [2.75, 3.05) is 5.73 Å². The molecular weight excluding hydrogens is 287 g/mol. The summed E-state index contributed by atoms with van der Waals surface area (Å²) in [5, 5.41) is 0.919. The number of nitrogens with zero attached hydrogens (tertiary/aromatic N) is 2. The fourth-order valence-corrected chi connectivity index (χ4v) is 2.24. The Labute approximate surface area is 119 Å². The fraction of sp³-hybridized carbons (Fsp3) is 0.0833. The number of nitrogen functional groups attached to an aromatic ring is 1. The Balaban J connectivity index is 2.61. The van der Waals surface area contributed by atoms with Crippen LogP contribution in [-0.2, 0) is 0 Å². The molecular formula is C12H10Cl2N4O. The average molecular weight is 297 g/mol. The van der Waals surface area contributed by atoms with Crippen molar-refractivity contribution < 1.29 is 4.79 Å². The van der Waals surface area contributed by atoms with Gasteiger partial charge >= 0.3 is 0 Å². The van der Waals surface area contributed by atoms with Gasteiger partial charge in [-0.05, 0) is 25.1 Å². The monoisotopic (exact) mass is 296 g/mol. The van der Waals surface area contributed by atoms with Gasteiger partial charge in [0.1, 0.15) is 11.4 Å². The van der Waals surface area contributed by atoms with E-state index in [9.17, 15) is 4.79 Å². The summed E-state index contributed by atoms with van der Waals surface area (Å²) in [6, 6.07) is 4.91. The maximum atomic E-state index is 11.2. The molecule has 19 heavy (non-hydrogen) atoms. The minimum absolute atomic E-state index is 0.0334. The molecule has 5 nitrogen and oxygen atoms in total. The van der Waals surface area contributed by atoms with Crippen LogP contribution in [0.25, 0.3) is 11.4 Å². The normalized spacial score (nSPS) is 10.5. The van der Waals surface area contributed by atoms with Crippen molar-refractivity contribution in [2.24, 2.45) is 5.73 Å². The first kappa shape index (κ1) is 13.6. The number of carbonyl (C=O) groups excluding carboxylic acids is 1. The summed E-state index contributed by atoms with van der Waals surface area (Å²) in [5.41, 5.74) is 12.1. The topological polar surface area (TPSA) is 94.9 Å². The van der Waals surface area contributed by atoms with Crippen LogP contribution in [-0.4, -0.2) is 15.9 Å². The Hall–Kier alpha value is -1.85. The Morgan fingerprint density at radius 3 is 2.21 bits per heavy atom. The molecule has 1 aromatic heterocycles. The predicted octanol–water partition coefficient (Wildman–Crippen LogP) is 2.44. The number of aryl methyl sites for hydroxylation is 1. The highest BCUT2D eigenvalue weighted by molar-refractivity contribution is 6.35. The minimum atomic E-state index is -0.661. The van der Waals surface area contributed by atoms with Crippen molar-refractivity contribution in [1.29, 1.82) is 0 Å². The summed E-state index contributed by atoms with van der Waals surface area (Å²) >= 11 is 11.8. The molecule has 0 fully saturated rings. The van der Waals surface area contributed by atoms with E-state index in [1.807, 2.05) is 0 Å². The average Bonchev–Trinajstić information content (AvgIpc) is 2.25. The summed E-state index contributed by atoms with van der Waals surface area (Å²) < 4.78 is 0. The zero-order chi connectivity index (χ0) is 14.2. The number of primary amides is 1. The van der Waals surface area contributed by atoms with Gasteiger partial charge in [0.15, 0.2) is 5.82 Å². The van der Waals surface area contributed by atoms with Gasteiger partial charge in [0.05, 0.1) is 5.69 Å². The van der Waals surface area contributed by atoms with Gasteiger partial charge in [-0.15, -0.1) is 0 Å². The Bertz CT molecular complexity index is 630. The number of anilines is 1. The quantitative estimate of drug-likeness (QED) is 0.890. The lowest BCUT2D eigenvalue weighted by molar-refractivity contribution is 0.1000. The van der Waals surface area contributed by atoms with Crippen molar-refractivity contribution in [3.63, 3.8) is 0 Å². The van der Waals surface area contributed by atoms with E-state index in [4.69, 9.17) is 34.7 Å². The molecule has 0 aliphatic heterocycles. The number of benzene rings is 1. The van der Waals surface area contributed by atoms with Crippen molar-refractivity contribution in [1.82, 2.24) is 9.97 Å². The Morgan fingerprint density at radius 1 is 1.16 bits per heavy atom. The van der Waals surface area contributed by atoms with Crippen LogP contribution in [0, 0.1) is 6.92 Å². The Kier molecular flexibility index (Phi) is 3.59. The first-order valence-corrected chi connectivity index (χ1v) is 6.04. The second-order valence-electron chi connectivity index (χ2n) is 3.92. The van der Waals surface area contributed by atoms with Gasteiger partial charge < -0.3 is 11.5 Å². The lowest BCUT2D eigenvalue weighted by Crippen LogP contribution is -2.17. The second kappa shape index (κ2) is 5.03. The van der Waals surface area contributed by atoms with Gasteiger partial charge in [-0.3, -0.25) is 4.79 Å². The molecule has 0 aliphatic rings. The van der Waals surface area contributed by atoms with Crippen LogP contribution in [0.15, 0.2) is 18.2 Å². The smallest absolute Gasteiger partial charge is 0.254 e. The molecule has 0 saturated carbocycles. The third-order valence-corrected chi connectivity index (χ3v) is 2.92. The zero-order valence-corrected chi connectivity index (χ0v) is 11.5. The van der Waals surface area contributed by atoms with E-state index < -0.39 is 5.91 Å². The van der Waals surface area contributed by atoms with Crippen molar-refractivity contribution >= 4 is 34.9 Å². The second-order valence-corrected chi connectivity index (χ2v) is 4.79. The minimum Gasteiger partial charge on any atom is -0.383 e. The van der Waals surface area contributed by atoms with Gasteiger partial charge in [-0.1, -0.05) is 23.2 Å². The van der Waals surface area contributed by atoms with E-state index in [1.54, 1.807) is 25.1 Å². The highest BCUT2D eigenvalue weighted by Gasteiger charge is 2.15. The summed E-state index contributed by atoms with van der Waals surface area (Å²) in [5.74, 6) is -0.291. The third-order valence-electron chi connectivity index (χ3n) is 2.49. The van der Waals surface area contributed by atoms with Crippen LogP contribution in [0.3, 0.4) is 0 Å². The summed E-state index contributed by atoms with van der Waals surface area (Å²) in [6.45, 7) is 1.63. The van der Waals surface area contributed by atoms with Gasteiger partial charge in [0.25, 0.3) is 5.91 Å². The van der Waals surface area contributed by atoms with E-state index in [2.05, 4.69) is 9.97 Å². The third kappa shape index (κ3) is 2.77. The molecule has 0 unspecified atom stereocenters. The largest absolute Gasteiger partial charge is 0.383 e. The van der Waals surface area contributed by atoms with E-state index >= 15 is 0 Å². The molecule has 0 radical (unpaired) electrons. The molecule has 0 bridgehead atoms. The van der Waals surface area contributed by atoms with E-state index in [0.29, 0.717) is 27.1 Å². The van der Waals surface area contributed by atoms with Crippen molar-refractivity contribution in [3.8, 4) is 11.4 Å². The lowest BCUT2D eigenvalue weighted by atomic mass is 10.1. The highest BCUT2D eigenvalue weighted by Crippen LogP contribution is 2.26. The standard InChI is InChI=1S/C12H10Cl2N4O/c1-5-9(11(16)19)10(15)18-12(17-5)6-2-7(13)4-8(14)3-6/h2-4H,1H3,(H2,16,19)(H2,15,17,18). The molecule has 1 aromatic carbocycles. The molecule has 0 saturated heterocycles. The van der Waals surface area contributed by atoms with Crippen molar-refractivity contribution in [2.45, 2.75) is 6.92 Å². The zero-order valence-electron chi connectivity index (χ0n) is 9.95. The SMILES string of the molecule is Cc1nc(-c2cc(Cl)cc(Cl)c2)nc(N)c1C(N)=O. The maximum absolute atomic E-state index is 11.2. The van der Waals surface area contributed by atoms with Gasteiger partial charge in [0.2, 0.25) is 0 Å². The summed E-state index contributed by atoms with van der Waals surface area (Å²) in [7, 11) is 0. The first-order valence-electron chi connectivity index (χ1n) is 5.29. The number of amides is 1. The van der Waals surface area contributed by atoms with Gasteiger partial charge in [0, 0.05) is 15.6 Å². The molecule has 4 N–H and O–H groups in total. The van der Waals surface area contributed by atoms with Crippen LogP contribution in [0.4, 0.5) is 5.82 Å². The molecule has 0 atom stereocenters. The molecule has 1 amide bonds. The van der Waals surface area contributed by atoms with Crippen LogP contribution >= 0.6 is 23.2 Å². The number of hydrogen-bond donors (Lipinski definition) is 2. The van der Waals surface area contributed by atoms with Gasteiger partial charge in [-0.2, -0.15) is 0 Å². The van der Waals surface area contributed by atoms with Crippen LogP contribution in [0.5, 0.6) is 0 Å². The van der Waals surface area contributed by atoms with Crippen molar-refractivity contribution in [3.05, 3.63) is 39.5 Å².